The Kier molecular flexibility index (Phi) is 3.64. The molecule has 0 aromatic carbocycles. The average molecular weight is 252 g/mol. The minimum Gasteiger partial charge on any atom is -0.494 e. The average Bonchev–Trinajstić information content (AvgIpc) is 2.18. The molecular weight excluding hydrogens is 241 g/mol. The zero-order chi connectivity index (χ0) is 13.2. The number of rotatable bonds is 3. The third kappa shape index (κ3) is 3.36. The van der Waals surface area contributed by atoms with E-state index in [-0.39, 0.29) is 18.5 Å². The molecule has 1 rings (SSSR count). The van der Waals surface area contributed by atoms with Gasteiger partial charge in [0.1, 0.15) is 0 Å². The summed E-state index contributed by atoms with van der Waals surface area (Å²) < 4.78 is 36.4. The molecule has 0 amide bonds. The quantitative estimate of drug-likeness (QED) is 0.839. The fourth-order valence-electron chi connectivity index (χ4n) is 1.30. The van der Waals surface area contributed by atoms with Gasteiger partial charge in [0.05, 0.1) is 5.56 Å². The van der Waals surface area contributed by atoms with Crippen molar-refractivity contribution < 1.29 is 18.3 Å². The summed E-state index contributed by atoms with van der Waals surface area (Å²) in [5.41, 5.74) is -1.77. The zero-order valence-electron chi connectivity index (χ0n) is 8.97. The molecule has 96 valence electrons. The second kappa shape index (κ2) is 4.64. The lowest BCUT2D eigenvalue weighted by Crippen LogP contribution is -2.31. The van der Waals surface area contributed by atoms with Crippen LogP contribution in [0.1, 0.15) is 18.4 Å². The van der Waals surface area contributed by atoms with Crippen molar-refractivity contribution in [1.82, 2.24) is 9.55 Å². The van der Waals surface area contributed by atoms with E-state index in [0.29, 0.717) is 4.57 Å². The molecule has 5 nitrogen and oxygen atoms in total. The maximum atomic E-state index is 11.9. The van der Waals surface area contributed by atoms with Crippen LogP contribution in [-0.2, 0) is 6.54 Å². The molecule has 0 atom stereocenters. The summed E-state index contributed by atoms with van der Waals surface area (Å²) in [5.74, 6) is -0.596. The van der Waals surface area contributed by atoms with Crippen LogP contribution in [0.15, 0.2) is 9.59 Å². The molecule has 0 saturated heterocycles. The Morgan fingerprint density at radius 2 is 1.94 bits per heavy atom. The summed E-state index contributed by atoms with van der Waals surface area (Å²) in [6.07, 6.45) is -5.71. The lowest BCUT2D eigenvalue weighted by molar-refractivity contribution is -0.136. The molecule has 0 spiro atoms. The number of aromatic nitrogens is 2. The molecule has 0 aliphatic heterocycles. The molecule has 0 radical (unpaired) electrons. The normalized spacial score (nSPS) is 11.8. The van der Waals surface area contributed by atoms with Gasteiger partial charge >= 0.3 is 11.9 Å². The molecule has 8 heteroatoms. The summed E-state index contributed by atoms with van der Waals surface area (Å²) in [6, 6.07) is 0. The number of alkyl halides is 3. The van der Waals surface area contributed by atoms with E-state index in [1.54, 1.807) is 0 Å². The second-order valence-electron chi connectivity index (χ2n) is 3.58. The van der Waals surface area contributed by atoms with E-state index in [4.69, 9.17) is 0 Å². The first-order chi connectivity index (χ1) is 7.72. The molecule has 0 saturated carbocycles. The molecule has 0 unspecified atom stereocenters. The highest BCUT2D eigenvalue weighted by molar-refractivity contribution is 5.20. The Hall–Kier alpha value is -1.73. The summed E-state index contributed by atoms with van der Waals surface area (Å²) in [5, 5.41) is 9.45. The lowest BCUT2D eigenvalue weighted by Gasteiger charge is -2.10. The van der Waals surface area contributed by atoms with Crippen LogP contribution < -0.4 is 11.2 Å². The highest BCUT2D eigenvalue weighted by Crippen LogP contribution is 2.22. The van der Waals surface area contributed by atoms with E-state index >= 15 is 0 Å². The van der Waals surface area contributed by atoms with Gasteiger partial charge in [-0.2, -0.15) is 13.2 Å². The van der Waals surface area contributed by atoms with E-state index in [2.05, 4.69) is 0 Å². The monoisotopic (exact) mass is 252 g/mol. The largest absolute Gasteiger partial charge is 0.494 e. The summed E-state index contributed by atoms with van der Waals surface area (Å²) in [6.45, 7) is 0.968. The van der Waals surface area contributed by atoms with Crippen molar-refractivity contribution in [2.75, 3.05) is 0 Å². The second-order valence-corrected chi connectivity index (χ2v) is 3.58. The van der Waals surface area contributed by atoms with Crippen LogP contribution in [-0.4, -0.2) is 20.8 Å². The lowest BCUT2D eigenvalue weighted by atomic mass is 10.3. The number of aromatic hydroxyl groups is 1. The highest BCUT2D eigenvalue weighted by atomic mass is 19.4. The third-order valence-electron chi connectivity index (χ3n) is 2.24. The van der Waals surface area contributed by atoms with Crippen molar-refractivity contribution in [2.24, 2.45) is 0 Å². The van der Waals surface area contributed by atoms with Gasteiger partial charge in [0.2, 0.25) is 5.88 Å². The molecule has 0 fully saturated rings. The van der Waals surface area contributed by atoms with E-state index in [1.165, 1.54) is 6.92 Å². The van der Waals surface area contributed by atoms with E-state index < -0.39 is 29.7 Å². The summed E-state index contributed by atoms with van der Waals surface area (Å²) in [4.78, 5) is 24.2. The fourth-order valence-corrected chi connectivity index (χ4v) is 1.30. The molecule has 0 aliphatic carbocycles. The van der Waals surface area contributed by atoms with Gasteiger partial charge in [-0.3, -0.25) is 14.3 Å². The van der Waals surface area contributed by atoms with Crippen molar-refractivity contribution in [2.45, 2.75) is 32.5 Å². The Morgan fingerprint density at radius 3 is 2.47 bits per heavy atom. The van der Waals surface area contributed by atoms with Gasteiger partial charge in [-0.15, -0.1) is 0 Å². The number of aromatic amines is 1. The van der Waals surface area contributed by atoms with Crippen molar-refractivity contribution >= 4 is 0 Å². The molecular formula is C9H11F3N2O3. The number of halogens is 3. The molecule has 2 N–H and O–H groups in total. The standard InChI is InChI=1S/C9H11F3N2O3/c1-5-6(15)13-8(17)14(7(5)16)4-2-3-9(10,11)12/h16H,2-4H2,1H3,(H,13,15,17). The summed E-state index contributed by atoms with van der Waals surface area (Å²) >= 11 is 0. The van der Waals surface area contributed by atoms with Gasteiger partial charge in [0.15, 0.2) is 0 Å². The van der Waals surface area contributed by atoms with Crippen molar-refractivity contribution in [3.8, 4) is 5.88 Å². The first-order valence-corrected chi connectivity index (χ1v) is 4.82. The Balaban J connectivity index is 2.90. The number of hydrogen-bond acceptors (Lipinski definition) is 3. The molecule has 0 bridgehead atoms. The predicted molar refractivity (Wildman–Crippen MR) is 53.0 cm³/mol. The van der Waals surface area contributed by atoms with Gasteiger partial charge in [-0.25, -0.2) is 4.79 Å². The van der Waals surface area contributed by atoms with Gasteiger partial charge in [0.25, 0.3) is 5.56 Å². The zero-order valence-corrected chi connectivity index (χ0v) is 8.97. The van der Waals surface area contributed by atoms with Crippen molar-refractivity contribution in [1.29, 1.82) is 0 Å². The van der Waals surface area contributed by atoms with Crippen LogP contribution in [0, 0.1) is 6.92 Å². The van der Waals surface area contributed by atoms with E-state index in [1.807, 2.05) is 4.98 Å². The van der Waals surface area contributed by atoms with E-state index in [9.17, 15) is 27.9 Å². The van der Waals surface area contributed by atoms with Crippen LogP contribution >= 0.6 is 0 Å². The molecule has 1 aromatic heterocycles. The fraction of sp³-hybridized carbons (Fsp3) is 0.556. The summed E-state index contributed by atoms with van der Waals surface area (Å²) in [7, 11) is 0. The SMILES string of the molecule is Cc1c(O)n(CCCC(F)(F)F)c(=O)[nH]c1=O. The Morgan fingerprint density at radius 1 is 1.35 bits per heavy atom. The minimum atomic E-state index is -4.31. The van der Waals surface area contributed by atoms with Gasteiger partial charge in [0, 0.05) is 13.0 Å². The van der Waals surface area contributed by atoms with Crippen molar-refractivity contribution in [3.63, 3.8) is 0 Å². The number of nitrogens with one attached hydrogen (secondary N) is 1. The van der Waals surface area contributed by atoms with Crippen LogP contribution in [0.25, 0.3) is 0 Å². The maximum absolute atomic E-state index is 11.9. The number of nitrogens with zero attached hydrogens (tertiary/aromatic N) is 1. The van der Waals surface area contributed by atoms with Crippen LogP contribution in [0.3, 0.4) is 0 Å². The highest BCUT2D eigenvalue weighted by Gasteiger charge is 2.26. The minimum absolute atomic E-state index is 0.100. The molecule has 17 heavy (non-hydrogen) atoms. The van der Waals surface area contributed by atoms with Crippen LogP contribution in [0.5, 0.6) is 5.88 Å². The van der Waals surface area contributed by atoms with Crippen LogP contribution in [0.4, 0.5) is 13.2 Å². The third-order valence-corrected chi connectivity index (χ3v) is 2.24. The Labute approximate surface area is 93.5 Å². The Bertz CT molecular complexity index is 516. The smallest absolute Gasteiger partial charge is 0.389 e. The van der Waals surface area contributed by atoms with Gasteiger partial charge < -0.3 is 5.11 Å². The first-order valence-electron chi connectivity index (χ1n) is 4.82. The molecule has 0 aliphatic rings. The number of hydrogen-bond donors (Lipinski definition) is 2. The number of H-pyrrole nitrogens is 1. The van der Waals surface area contributed by atoms with Gasteiger partial charge in [-0.05, 0) is 13.3 Å². The van der Waals surface area contributed by atoms with Crippen molar-refractivity contribution in [3.05, 3.63) is 26.4 Å². The molecule has 1 aromatic rings. The van der Waals surface area contributed by atoms with Gasteiger partial charge in [-0.1, -0.05) is 0 Å². The molecule has 1 heterocycles. The topological polar surface area (TPSA) is 75.1 Å². The first kappa shape index (κ1) is 13.3. The predicted octanol–water partition coefficient (Wildman–Crippen LogP) is 0.893. The van der Waals surface area contributed by atoms with Crippen LogP contribution in [0.2, 0.25) is 0 Å². The van der Waals surface area contributed by atoms with E-state index in [0.717, 1.165) is 0 Å². The maximum Gasteiger partial charge on any atom is 0.389 e.